The van der Waals surface area contributed by atoms with Gasteiger partial charge in [0.15, 0.2) is 0 Å². The van der Waals surface area contributed by atoms with Gasteiger partial charge in [0.1, 0.15) is 0 Å². The molecule has 246 valence electrons. The molecule has 0 aromatic heterocycles. The zero-order chi connectivity index (χ0) is 33.1. The topological polar surface area (TPSA) is 52.0 Å². The molecule has 0 spiro atoms. The van der Waals surface area contributed by atoms with Crippen molar-refractivity contribution in [1.29, 1.82) is 0 Å². The van der Waals surface area contributed by atoms with E-state index in [1.807, 2.05) is 60.7 Å². The first-order valence-electron chi connectivity index (χ1n) is 16.6. The van der Waals surface area contributed by atoms with Gasteiger partial charge < -0.3 is 11.5 Å². The first-order chi connectivity index (χ1) is 22.3. The number of halogens is 2. The maximum absolute atomic E-state index is 6.15. The Labute approximate surface area is 296 Å². The van der Waals surface area contributed by atoms with E-state index in [1.165, 1.54) is 57.8 Å². The van der Waals surface area contributed by atoms with E-state index in [1.54, 1.807) is 44.0 Å². The van der Waals surface area contributed by atoms with E-state index in [9.17, 15) is 0 Å². The van der Waals surface area contributed by atoms with Crippen molar-refractivity contribution >= 4 is 45.8 Å². The molecule has 7 heteroatoms. The third-order valence-corrected chi connectivity index (χ3v) is 12.6. The van der Waals surface area contributed by atoms with Crippen LogP contribution in [0.4, 0.5) is 0 Å². The molecule has 0 saturated carbocycles. The van der Waals surface area contributed by atoms with E-state index in [0.717, 1.165) is 11.1 Å². The van der Waals surface area contributed by atoms with Gasteiger partial charge in [-0.3, -0.25) is 0 Å². The third kappa shape index (κ3) is 9.96. The Kier molecular flexibility index (Phi) is 15.7. The fourth-order valence-corrected chi connectivity index (χ4v) is 9.61. The average Bonchev–Trinajstić information content (AvgIpc) is 3.09. The second-order valence-electron chi connectivity index (χ2n) is 13.0. The number of hydrogen-bond donors (Lipinski definition) is 2. The van der Waals surface area contributed by atoms with E-state index in [-0.39, 0.29) is 27.2 Å². The van der Waals surface area contributed by atoms with Crippen molar-refractivity contribution in [2.45, 2.75) is 69.9 Å². The number of fused-ring (bicyclic) bond motifs is 2. The van der Waals surface area contributed by atoms with E-state index in [0.29, 0.717) is 0 Å². The molecule has 0 amide bonds. The molecular weight excluding hydrogens is 730 g/mol. The molecule has 4 aromatic rings. The second-order valence-corrected chi connectivity index (χ2v) is 20.7. The van der Waals surface area contributed by atoms with E-state index in [4.69, 9.17) is 30.8 Å². The molecule has 0 aliphatic heterocycles. The summed E-state index contributed by atoms with van der Waals surface area (Å²) in [5, 5.41) is 3.42. The van der Waals surface area contributed by atoms with E-state index in [2.05, 4.69) is 50.9 Å². The number of nitrogens with two attached hydrogens (primary N) is 2. The van der Waals surface area contributed by atoms with Gasteiger partial charge in [0.25, 0.3) is 0 Å². The molecule has 0 fully saturated rings. The van der Waals surface area contributed by atoms with Gasteiger partial charge in [-0.1, -0.05) is 72.8 Å². The van der Waals surface area contributed by atoms with Gasteiger partial charge in [0.05, 0.1) is 37.3 Å². The molecule has 2 atom stereocenters. The molecule has 2 aliphatic carbocycles. The van der Waals surface area contributed by atoms with Crippen LogP contribution in [0, 0.1) is 0 Å². The van der Waals surface area contributed by atoms with Crippen LogP contribution in [0.5, 0.6) is 0 Å². The maximum atomic E-state index is 6.15. The molecule has 4 N–H and O–H groups in total. The van der Waals surface area contributed by atoms with Gasteiger partial charge in [-0.2, -0.15) is 0 Å². The molecule has 46 heavy (non-hydrogen) atoms. The zero-order valence-corrected chi connectivity index (χ0v) is 33.1. The Morgan fingerprint density at radius 3 is 1.26 bits per heavy atom. The molecule has 6 rings (SSSR count). The van der Waals surface area contributed by atoms with Crippen molar-refractivity contribution < 1.29 is 15.1 Å². The number of aryl methyl sites for hydroxylation is 2. The van der Waals surface area contributed by atoms with Crippen LogP contribution >= 0.6 is 35.2 Å². The van der Waals surface area contributed by atoms with Crippen LogP contribution in [0.3, 0.4) is 0 Å². The van der Waals surface area contributed by atoms with Crippen molar-refractivity contribution in [3.8, 4) is 0 Å². The SMILES string of the molecule is C[PH+](C)c1ccc2c(c1Cc1c([PH+](C)C)ccc3c1CCCC3)CCCC2.NC(c1ccccc1)C(N)c1ccccc1.[Cl][Ru+2][Cl]. The van der Waals surface area contributed by atoms with Crippen LogP contribution in [0.2, 0.25) is 0 Å². The van der Waals surface area contributed by atoms with Crippen molar-refractivity contribution in [3.63, 3.8) is 0 Å². The fourth-order valence-electron chi connectivity index (χ4n) is 7.09. The second kappa shape index (κ2) is 19.2. The van der Waals surface area contributed by atoms with Gasteiger partial charge in [0.2, 0.25) is 0 Å². The number of benzene rings is 4. The van der Waals surface area contributed by atoms with Gasteiger partial charge in [-0.25, -0.2) is 0 Å². The standard InChI is InChI=1S/C25H34P2.C14H16N2.2ClH.Ru/c1-26(2)24-15-13-18-9-5-7-11-20(18)22(24)17-23-21-12-8-6-10-19(21)14-16-25(23)27(3)4;15-13(11-7-3-1-4-8-11)14(16)12-9-5-2-6-10-12;;;/h13-16H,5-12,17H2,1-4H3;1-10,13-14H,15-16H2;2*1H;/q;;;;+4. The van der Waals surface area contributed by atoms with Crippen LogP contribution < -0.4 is 22.1 Å². The first kappa shape index (κ1) is 37.7. The van der Waals surface area contributed by atoms with Crippen molar-refractivity contribution in [2.24, 2.45) is 11.5 Å². The summed E-state index contributed by atoms with van der Waals surface area (Å²) < 4.78 is 0. The summed E-state index contributed by atoms with van der Waals surface area (Å²) >= 11 is -0.346. The van der Waals surface area contributed by atoms with Crippen molar-refractivity contribution in [2.75, 3.05) is 26.7 Å². The minimum absolute atomic E-state index is 0.163. The summed E-state index contributed by atoms with van der Waals surface area (Å²) in [4.78, 5) is 0. The van der Waals surface area contributed by atoms with Crippen LogP contribution in [0.1, 0.15) is 82.3 Å². The van der Waals surface area contributed by atoms with Crippen LogP contribution in [0.25, 0.3) is 0 Å². The Bertz CT molecular complexity index is 1400. The summed E-state index contributed by atoms with van der Waals surface area (Å²) in [7, 11) is 8.83. The Morgan fingerprint density at radius 1 is 0.565 bits per heavy atom. The number of hydrogen-bond acceptors (Lipinski definition) is 2. The summed E-state index contributed by atoms with van der Waals surface area (Å²) in [6.45, 7) is 9.92. The van der Waals surface area contributed by atoms with Crippen molar-refractivity contribution in [3.05, 3.63) is 129 Å². The molecule has 0 heterocycles. The molecule has 4 aromatic carbocycles. The first-order valence-corrected chi connectivity index (χ1v) is 26.1. The molecule has 0 radical (unpaired) electrons. The van der Waals surface area contributed by atoms with Crippen LogP contribution in [-0.2, 0) is 47.2 Å². The Morgan fingerprint density at radius 2 is 0.913 bits per heavy atom. The molecule has 2 unspecified atom stereocenters. The minimum atomic E-state index is -0.438. The molecular formula is C39H52Cl2N2P2Ru+4. The summed E-state index contributed by atoms with van der Waals surface area (Å²) in [6.07, 6.45) is 12.0. The Balaban J connectivity index is 0.000000215. The predicted molar refractivity (Wildman–Crippen MR) is 207 cm³/mol. The van der Waals surface area contributed by atoms with Gasteiger partial charge in [-0.15, -0.1) is 0 Å². The number of rotatable bonds is 7. The van der Waals surface area contributed by atoms with Gasteiger partial charge >= 0.3 is 34.5 Å². The van der Waals surface area contributed by atoms with Gasteiger partial charge in [0, 0.05) is 45.5 Å². The van der Waals surface area contributed by atoms with Crippen molar-refractivity contribution in [1.82, 2.24) is 0 Å². The summed E-state index contributed by atoms with van der Waals surface area (Å²) in [5.74, 6) is 0. The third-order valence-electron chi connectivity index (χ3n) is 9.49. The normalized spacial score (nSPS) is 15.1. The van der Waals surface area contributed by atoms with Gasteiger partial charge in [-0.05, 0) is 96.9 Å². The van der Waals surface area contributed by atoms with E-state index < -0.39 is 15.8 Å². The summed E-state index contributed by atoms with van der Waals surface area (Å²) in [5.41, 5.74) is 24.7. The van der Waals surface area contributed by atoms with Crippen LogP contribution in [-0.4, -0.2) is 26.7 Å². The quantitative estimate of drug-likeness (QED) is 0.145. The molecule has 0 saturated heterocycles. The van der Waals surface area contributed by atoms with Crippen LogP contribution in [0.15, 0.2) is 84.9 Å². The molecule has 2 nitrogen and oxygen atoms in total. The van der Waals surface area contributed by atoms with E-state index >= 15 is 0 Å². The summed E-state index contributed by atoms with van der Waals surface area (Å²) in [6, 6.07) is 29.5. The monoisotopic (exact) mass is 782 g/mol. The Hall–Kier alpha value is -1.14. The average molecular weight is 783 g/mol. The fraction of sp³-hybridized carbons (Fsp3) is 0.385. The molecule has 2 aliphatic rings. The predicted octanol–water partition coefficient (Wildman–Crippen LogP) is 9.00. The molecule has 0 bridgehead atoms. The zero-order valence-electron chi connectivity index (χ0n) is 27.9.